The van der Waals surface area contributed by atoms with Gasteiger partial charge < -0.3 is 20.5 Å². The number of carboxylic acids is 1. The van der Waals surface area contributed by atoms with Gasteiger partial charge in [0.1, 0.15) is 0 Å². The van der Waals surface area contributed by atoms with Gasteiger partial charge >= 0.3 is 12.0 Å². The summed E-state index contributed by atoms with van der Waals surface area (Å²) in [6.07, 6.45) is 3.26. The fourth-order valence-electron chi connectivity index (χ4n) is 2.05. The van der Waals surface area contributed by atoms with Gasteiger partial charge in [-0.1, -0.05) is 0 Å². The maximum atomic E-state index is 11.7. The lowest BCUT2D eigenvalue weighted by Gasteiger charge is -2.22. The Labute approximate surface area is 117 Å². The normalized spacial score (nSPS) is 18.3. The molecule has 6 heteroatoms. The molecule has 108 valence electrons. The highest BCUT2D eigenvalue weighted by atomic mass is 16.5. The summed E-state index contributed by atoms with van der Waals surface area (Å²) in [7, 11) is 0. The van der Waals surface area contributed by atoms with Gasteiger partial charge in [-0.3, -0.25) is 0 Å². The van der Waals surface area contributed by atoms with Crippen molar-refractivity contribution in [2.45, 2.75) is 25.4 Å². The Balaban J connectivity index is 1.77. The number of carboxylic acid groups (broad SMARTS) is 1. The number of hydrogen-bond acceptors (Lipinski definition) is 3. The molecule has 2 rings (SSSR count). The molecule has 0 saturated carbocycles. The van der Waals surface area contributed by atoms with Crippen molar-refractivity contribution in [2.75, 3.05) is 18.5 Å². The number of nitrogens with one attached hydrogen (secondary N) is 2. The highest BCUT2D eigenvalue weighted by molar-refractivity contribution is 5.91. The van der Waals surface area contributed by atoms with Gasteiger partial charge in [-0.05, 0) is 43.5 Å². The highest BCUT2D eigenvalue weighted by Gasteiger charge is 2.14. The zero-order valence-electron chi connectivity index (χ0n) is 11.1. The molecule has 20 heavy (non-hydrogen) atoms. The van der Waals surface area contributed by atoms with Crippen LogP contribution in [-0.4, -0.2) is 36.4 Å². The first-order valence-corrected chi connectivity index (χ1v) is 6.65. The summed E-state index contributed by atoms with van der Waals surface area (Å²) >= 11 is 0. The predicted octanol–water partition coefficient (Wildman–Crippen LogP) is 2.08. The Bertz CT molecular complexity index is 467. The van der Waals surface area contributed by atoms with Gasteiger partial charge in [0.15, 0.2) is 0 Å². The molecule has 0 bridgehead atoms. The Morgan fingerprint density at radius 1 is 1.25 bits per heavy atom. The van der Waals surface area contributed by atoms with Crippen molar-refractivity contribution < 1.29 is 19.4 Å². The number of amides is 2. The van der Waals surface area contributed by atoms with E-state index < -0.39 is 5.97 Å². The Morgan fingerprint density at radius 3 is 2.60 bits per heavy atom. The molecule has 0 aromatic heterocycles. The standard InChI is InChI=1S/C14H18N2O4/c17-13(18)10-4-6-11(7-5-10)16-14(19)15-9-12-3-1-2-8-20-12/h4-7,12H,1-3,8-9H2,(H,17,18)(H2,15,16,19). The first-order valence-electron chi connectivity index (χ1n) is 6.65. The molecule has 2 amide bonds. The highest BCUT2D eigenvalue weighted by Crippen LogP contribution is 2.12. The van der Waals surface area contributed by atoms with Gasteiger partial charge in [0.2, 0.25) is 0 Å². The number of rotatable bonds is 4. The fraction of sp³-hybridized carbons (Fsp3) is 0.429. The monoisotopic (exact) mass is 278 g/mol. The molecule has 1 fully saturated rings. The molecule has 0 spiro atoms. The molecular weight excluding hydrogens is 260 g/mol. The van der Waals surface area contributed by atoms with Gasteiger partial charge in [-0.25, -0.2) is 9.59 Å². The molecular formula is C14H18N2O4. The molecule has 6 nitrogen and oxygen atoms in total. The van der Waals surface area contributed by atoms with E-state index in [4.69, 9.17) is 9.84 Å². The summed E-state index contributed by atoms with van der Waals surface area (Å²) in [5.74, 6) is -0.990. The number of anilines is 1. The Kier molecular flexibility index (Phi) is 4.95. The van der Waals surface area contributed by atoms with Crippen LogP contribution in [0.5, 0.6) is 0 Å². The van der Waals surface area contributed by atoms with Gasteiger partial charge in [-0.2, -0.15) is 0 Å². The van der Waals surface area contributed by atoms with E-state index >= 15 is 0 Å². The molecule has 1 atom stereocenters. The quantitative estimate of drug-likeness (QED) is 0.786. The second kappa shape index (κ2) is 6.91. The van der Waals surface area contributed by atoms with Crippen LogP contribution in [0, 0.1) is 0 Å². The molecule has 3 N–H and O–H groups in total. The maximum Gasteiger partial charge on any atom is 0.335 e. The molecule has 0 radical (unpaired) electrons. The number of hydrogen-bond donors (Lipinski definition) is 3. The van der Waals surface area contributed by atoms with Crippen LogP contribution in [0.25, 0.3) is 0 Å². The van der Waals surface area contributed by atoms with E-state index in [0.29, 0.717) is 12.2 Å². The minimum Gasteiger partial charge on any atom is -0.478 e. The van der Waals surface area contributed by atoms with Crippen molar-refractivity contribution in [3.8, 4) is 0 Å². The van der Waals surface area contributed by atoms with Crippen molar-refractivity contribution in [3.05, 3.63) is 29.8 Å². The Hall–Kier alpha value is -2.08. The largest absolute Gasteiger partial charge is 0.478 e. The lowest BCUT2D eigenvalue weighted by Crippen LogP contribution is -2.37. The summed E-state index contributed by atoms with van der Waals surface area (Å²) in [6, 6.07) is 5.69. The van der Waals surface area contributed by atoms with Crippen LogP contribution in [-0.2, 0) is 4.74 Å². The van der Waals surface area contributed by atoms with E-state index in [2.05, 4.69) is 10.6 Å². The average Bonchev–Trinajstić information content (AvgIpc) is 2.47. The van der Waals surface area contributed by atoms with Crippen LogP contribution >= 0.6 is 0 Å². The fourth-order valence-corrected chi connectivity index (χ4v) is 2.05. The summed E-state index contributed by atoms with van der Waals surface area (Å²) in [4.78, 5) is 22.4. The first-order chi connectivity index (χ1) is 9.65. The van der Waals surface area contributed by atoms with Crippen LogP contribution in [0.15, 0.2) is 24.3 Å². The first kappa shape index (κ1) is 14.3. The lowest BCUT2D eigenvalue weighted by atomic mass is 10.1. The van der Waals surface area contributed by atoms with Crippen LogP contribution in [0.3, 0.4) is 0 Å². The molecule has 0 aliphatic carbocycles. The molecule has 1 unspecified atom stereocenters. The average molecular weight is 278 g/mol. The topological polar surface area (TPSA) is 87.7 Å². The van der Waals surface area contributed by atoms with Gasteiger partial charge in [0, 0.05) is 18.8 Å². The van der Waals surface area contributed by atoms with Crippen LogP contribution in [0.2, 0.25) is 0 Å². The SMILES string of the molecule is O=C(NCC1CCCCO1)Nc1ccc(C(=O)O)cc1. The molecule has 1 aliphatic heterocycles. The van der Waals surface area contributed by atoms with Crippen molar-refractivity contribution in [1.29, 1.82) is 0 Å². The number of ether oxygens (including phenoxy) is 1. The molecule has 1 heterocycles. The van der Waals surface area contributed by atoms with Crippen LogP contribution in [0.1, 0.15) is 29.6 Å². The van der Waals surface area contributed by atoms with E-state index in [1.54, 1.807) is 12.1 Å². The van der Waals surface area contributed by atoms with Crippen molar-refractivity contribution >= 4 is 17.7 Å². The summed E-state index contributed by atoms with van der Waals surface area (Å²) in [5, 5.41) is 14.2. The van der Waals surface area contributed by atoms with Crippen LogP contribution in [0.4, 0.5) is 10.5 Å². The third-order valence-corrected chi connectivity index (χ3v) is 3.15. The van der Waals surface area contributed by atoms with E-state index in [1.807, 2.05) is 0 Å². The molecule has 1 aromatic rings. The van der Waals surface area contributed by atoms with Crippen LogP contribution < -0.4 is 10.6 Å². The van der Waals surface area contributed by atoms with E-state index in [9.17, 15) is 9.59 Å². The van der Waals surface area contributed by atoms with Crippen molar-refractivity contribution in [1.82, 2.24) is 5.32 Å². The van der Waals surface area contributed by atoms with Crippen molar-refractivity contribution in [2.24, 2.45) is 0 Å². The number of urea groups is 1. The summed E-state index contributed by atoms with van der Waals surface area (Å²) in [5.41, 5.74) is 0.739. The summed E-state index contributed by atoms with van der Waals surface area (Å²) < 4.78 is 5.51. The number of carbonyl (C=O) groups is 2. The minimum atomic E-state index is -0.990. The molecule has 1 saturated heterocycles. The smallest absolute Gasteiger partial charge is 0.335 e. The van der Waals surface area contributed by atoms with E-state index in [-0.39, 0.29) is 17.7 Å². The Morgan fingerprint density at radius 2 is 2.00 bits per heavy atom. The predicted molar refractivity (Wildman–Crippen MR) is 74.0 cm³/mol. The number of carbonyl (C=O) groups excluding carboxylic acids is 1. The molecule has 1 aliphatic rings. The molecule has 1 aromatic carbocycles. The second-order valence-electron chi connectivity index (χ2n) is 4.71. The van der Waals surface area contributed by atoms with Gasteiger partial charge in [0.25, 0.3) is 0 Å². The van der Waals surface area contributed by atoms with E-state index in [1.165, 1.54) is 12.1 Å². The van der Waals surface area contributed by atoms with E-state index in [0.717, 1.165) is 25.9 Å². The third kappa shape index (κ3) is 4.24. The maximum absolute atomic E-state index is 11.7. The van der Waals surface area contributed by atoms with Crippen molar-refractivity contribution in [3.63, 3.8) is 0 Å². The number of benzene rings is 1. The number of aromatic carboxylic acids is 1. The zero-order chi connectivity index (χ0) is 14.4. The van der Waals surface area contributed by atoms with Gasteiger partial charge in [0.05, 0.1) is 11.7 Å². The third-order valence-electron chi connectivity index (χ3n) is 3.15. The van der Waals surface area contributed by atoms with Gasteiger partial charge in [-0.15, -0.1) is 0 Å². The second-order valence-corrected chi connectivity index (χ2v) is 4.71. The zero-order valence-corrected chi connectivity index (χ0v) is 11.1. The lowest BCUT2D eigenvalue weighted by molar-refractivity contribution is 0.0187. The summed E-state index contributed by atoms with van der Waals surface area (Å²) in [6.45, 7) is 1.24. The minimum absolute atomic E-state index is 0.0869.